The van der Waals surface area contributed by atoms with Crippen molar-refractivity contribution >= 4 is 23.0 Å². The van der Waals surface area contributed by atoms with Gasteiger partial charge in [0.1, 0.15) is 0 Å². The molecule has 0 amide bonds. The first-order chi connectivity index (χ1) is 13.2. The summed E-state index contributed by atoms with van der Waals surface area (Å²) in [5.41, 5.74) is 2.45. The zero-order valence-electron chi connectivity index (χ0n) is 16.6. The van der Waals surface area contributed by atoms with E-state index in [2.05, 4.69) is 72.0 Å². The molecule has 1 fully saturated rings. The molecule has 1 aliphatic heterocycles. The fourth-order valence-corrected chi connectivity index (χ4v) is 4.12. The molecule has 1 aromatic heterocycles. The zero-order valence-corrected chi connectivity index (χ0v) is 17.4. The standard InChI is InChI=1S/C21H31N5S/c1-4-22-21(23-12-10-18-15-27-20(24-18)16(2)3)25-17-11-13-26(14-17)19-8-6-5-7-9-19/h5-9,15-17H,4,10-14H2,1-3H3,(H2,22,23,25). The lowest BCUT2D eigenvalue weighted by atomic mass is 10.2. The van der Waals surface area contributed by atoms with Crippen LogP contribution in [0.1, 0.15) is 43.8 Å². The fraction of sp³-hybridized carbons (Fsp3) is 0.524. The number of hydrogen-bond donors (Lipinski definition) is 2. The van der Waals surface area contributed by atoms with Crippen molar-refractivity contribution in [3.63, 3.8) is 0 Å². The SMILES string of the molecule is CCNC(=NCCc1csc(C(C)C)n1)NC1CCN(c2ccccc2)C1. The smallest absolute Gasteiger partial charge is 0.191 e. The van der Waals surface area contributed by atoms with Gasteiger partial charge in [-0.2, -0.15) is 0 Å². The number of anilines is 1. The minimum Gasteiger partial charge on any atom is -0.369 e. The first-order valence-corrected chi connectivity index (χ1v) is 10.8. The molecule has 2 N–H and O–H groups in total. The highest BCUT2D eigenvalue weighted by Gasteiger charge is 2.23. The molecule has 6 heteroatoms. The summed E-state index contributed by atoms with van der Waals surface area (Å²) in [5.74, 6) is 1.41. The minimum absolute atomic E-state index is 0.426. The Balaban J connectivity index is 1.51. The Morgan fingerprint density at radius 2 is 2.15 bits per heavy atom. The number of aliphatic imine (C=N–C) groups is 1. The molecule has 0 aliphatic carbocycles. The number of guanidine groups is 1. The average molecular weight is 386 g/mol. The highest BCUT2D eigenvalue weighted by atomic mass is 32.1. The van der Waals surface area contributed by atoms with E-state index in [1.807, 2.05) is 0 Å². The molecule has 2 heterocycles. The molecular weight excluding hydrogens is 354 g/mol. The Bertz CT molecular complexity index is 725. The van der Waals surface area contributed by atoms with Crippen LogP contribution in [-0.4, -0.2) is 43.2 Å². The normalized spacial score (nSPS) is 17.6. The molecule has 1 unspecified atom stereocenters. The van der Waals surface area contributed by atoms with Crippen molar-refractivity contribution in [1.29, 1.82) is 0 Å². The molecule has 1 atom stereocenters. The first-order valence-electron chi connectivity index (χ1n) is 9.95. The molecule has 1 aliphatic rings. The maximum absolute atomic E-state index is 4.76. The maximum atomic E-state index is 4.76. The van der Waals surface area contributed by atoms with Crippen LogP contribution in [0.25, 0.3) is 0 Å². The Morgan fingerprint density at radius 1 is 1.33 bits per heavy atom. The van der Waals surface area contributed by atoms with Gasteiger partial charge in [-0.1, -0.05) is 32.0 Å². The van der Waals surface area contributed by atoms with Crippen LogP contribution in [0.4, 0.5) is 5.69 Å². The summed E-state index contributed by atoms with van der Waals surface area (Å²) >= 11 is 1.75. The predicted octanol–water partition coefficient (Wildman–Crippen LogP) is 3.64. The second-order valence-corrected chi connectivity index (χ2v) is 8.14. The van der Waals surface area contributed by atoms with Crippen molar-refractivity contribution in [2.24, 2.45) is 4.99 Å². The van der Waals surface area contributed by atoms with E-state index >= 15 is 0 Å². The number of nitrogens with one attached hydrogen (secondary N) is 2. The van der Waals surface area contributed by atoms with Crippen molar-refractivity contribution < 1.29 is 0 Å². The molecular formula is C21H31N5S. The highest BCUT2D eigenvalue weighted by Crippen LogP contribution is 2.20. The molecule has 27 heavy (non-hydrogen) atoms. The van der Waals surface area contributed by atoms with Gasteiger partial charge in [0.2, 0.25) is 0 Å². The molecule has 0 spiro atoms. The third-order valence-corrected chi connectivity index (χ3v) is 5.89. The Hall–Kier alpha value is -2.08. The van der Waals surface area contributed by atoms with Crippen molar-refractivity contribution in [1.82, 2.24) is 15.6 Å². The van der Waals surface area contributed by atoms with Gasteiger partial charge >= 0.3 is 0 Å². The summed E-state index contributed by atoms with van der Waals surface area (Å²) in [6.07, 6.45) is 2.02. The van der Waals surface area contributed by atoms with E-state index in [-0.39, 0.29) is 0 Å². The number of aromatic nitrogens is 1. The van der Waals surface area contributed by atoms with E-state index < -0.39 is 0 Å². The van der Waals surface area contributed by atoms with E-state index in [1.54, 1.807) is 11.3 Å². The number of rotatable bonds is 7. The maximum Gasteiger partial charge on any atom is 0.191 e. The van der Waals surface area contributed by atoms with E-state index in [0.29, 0.717) is 12.0 Å². The second kappa shape index (κ2) is 9.74. The number of hydrogen-bond acceptors (Lipinski definition) is 4. The van der Waals surface area contributed by atoms with Crippen LogP contribution in [-0.2, 0) is 6.42 Å². The van der Waals surface area contributed by atoms with Gasteiger partial charge in [0, 0.05) is 55.6 Å². The van der Waals surface area contributed by atoms with Gasteiger partial charge in [-0.05, 0) is 25.5 Å². The van der Waals surface area contributed by atoms with Crippen molar-refractivity contribution in [3.8, 4) is 0 Å². The van der Waals surface area contributed by atoms with Crippen LogP contribution in [0.5, 0.6) is 0 Å². The van der Waals surface area contributed by atoms with Crippen LogP contribution in [0.3, 0.4) is 0 Å². The summed E-state index contributed by atoms with van der Waals surface area (Å²) in [4.78, 5) is 11.9. The first kappa shape index (κ1) is 19.7. The minimum atomic E-state index is 0.426. The third kappa shape index (κ3) is 5.70. The monoisotopic (exact) mass is 385 g/mol. The molecule has 0 saturated carbocycles. The lowest BCUT2D eigenvalue weighted by Crippen LogP contribution is -2.44. The Morgan fingerprint density at radius 3 is 2.85 bits per heavy atom. The van der Waals surface area contributed by atoms with Crippen molar-refractivity contribution in [2.45, 2.75) is 45.6 Å². The molecule has 1 aromatic carbocycles. The molecule has 1 saturated heterocycles. The quantitative estimate of drug-likeness (QED) is 0.564. The molecule has 146 valence electrons. The second-order valence-electron chi connectivity index (χ2n) is 7.25. The van der Waals surface area contributed by atoms with Crippen molar-refractivity contribution in [2.75, 3.05) is 31.1 Å². The van der Waals surface area contributed by atoms with E-state index in [4.69, 9.17) is 9.98 Å². The van der Waals surface area contributed by atoms with Gasteiger partial charge in [0.25, 0.3) is 0 Å². The van der Waals surface area contributed by atoms with Crippen LogP contribution < -0.4 is 15.5 Å². The average Bonchev–Trinajstić information content (AvgIpc) is 3.32. The van der Waals surface area contributed by atoms with E-state index in [1.165, 1.54) is 10.7 Å². The predicted molar refractivity (Wildman–Crippen MR) is 116 cm³/mol. The van der Waals surface area contributed by atoms with Gasteiger partial charge < -0.3 is 15.5 Å². The summed E-state index contributed by atoms with van der Waals surface area (Å²) in [6.45, 7) is 10.2. The Kier molecular flexibility index (Phi) is 7.10. The fourth-order valence-electron chi connectivity index (χ4n) is 3.25. The zero-order chi connectivity index (χ0) is 19.1. The third-order valence-electron chi connectivity index (χ3n) is 4.70. The topological polar surface area (TPSA) is 52.6 Å². The molecule has 2 aromatic rings. The van der Waals surface area contributed by atoms with Crippen LogP contribution in [0, 0.1) is 0 Å². The van der Waals surface area contributed by atoms with Gasteiger partial charge in [0.05, 0.1) is 10.7 Å². The summed E-state index contributed by atoms with van der Waals surface area (Å²) in [6, 6.07) is 11.1. The van der Waals surface area contributed by atoms with Crippen LogP contribution >= 0.6 is 11.3 Å². The molecule has 5 nitrogen and oxygen atoms in total. The largest absolute Gasteiger partial charge is 0.369 e. The summed E-state index contributed by atoms with van der Waals surface area (Å²) < 4.78 is 0. The number of nitrogens with zero attached hydrogens (tertiary/aromatic N) is 3. The summed E-state index contributed by atoms with van der Waals surface area (Å²) in [7, 11) is 0. The highest BCUT2D eigenvalue weighted by molar-refractivity contribution is 7.09. The van der Waals surface area contributed by atoms with E-state index in [0.717, 1.165) is 50.7 Å². The molecule has 0 radical (unpaired) electrons. The number of para-hydroxylation sites is 1. The lowest BCUT2D eigenvalue weighted by Gasteiger charge is -2.20. The Labute approximate surface area is 166 Å². The van der Waals surface area contributed by atoms with Gasteiger partial charge in [-0.25, -0.2) is 4.98 Å². The number of benzene rings is 1. The van der Waals surface area contributed by atoms with Crippen LogP contribution in [0.2, 0.25) is 0 Å². The van der Waals surface area contributed by atoms with Gasteiger partial charge in [0.15, 0.2) is 5.96 Å². The van der Waals surface area contributed by atoms with Crippen LogP contribution in [0.15, 0.2) is 40.7 Å². The molecule has 0 bridgehead atoms. The van der Waals surface area contributed by atoms with Gasteiger partial charge in [-0.15, -0.1) is 11.3 Å². The molecule has 3 rings (SSSR count). The van der Waals surface area contributed by atoms with E-state index in [9.17, 15) is 0 Å². The van der Waals surface area contributed by atoms with Crippen molar-refractivity contribution in [3.05, 3.63) is 46.4 Å². The van der Waals surface area contributed by atoms with Gasteiger partial charge in [-0.3, -0.25) is 4.99 Å². The number of thiazole rings is 1. The lowest BCUT2D eigenvalue weighted by molar-refractivity contribution is 0.649. The summed E-state index contributed by atoms with van der Waals surface area (Å²) in [5, 5.41) is 10.4.